The number of carbonyl (C=O) groups excluding carboxylic acids is 2. The van der Waals surface area contributed by atoms with Gasteiger partial charge in [0, 0.05) is 14.1 Å². The van der Waals surface area contributed by atoms with E-state index in [1.807, 2.05) is 12.1 Å². The molecule has 0 heterocycles. The second kappa shape index (κ2) is 16.2. The molecular weight excluding hydrogens is 460 g/mol. The average molecular weight is 501 g/mol. The summed E-state index contributed by atoms with van der Waals surface area (Å²) in [7, 11) is 3.06. The number of unbranched alkanes of at least 4 members (excludes halogenated alkanes) is 3. The van der Waals surface area contributed by atoms with Crippen molar-refractivity contribution in [1.29, 1.82) is 0 Å². The van der Waals surface area contributed by atoms with E-state index < -0.39 is 0 Å². The molecule has 10 nitrogen and oxygen atoms in total. The summed E-state index contributed by atoms with van der Waals surface area (Å²) in [5, 5.41) is 36.8. The molecule has 198 valence electrons. The van der Waals surface area contributed by atoms with Crippen LogP contribution >= 0.6 is 0 Å². The van der Waals surface area contributed by atoms with Crippen LogP contribution in [0, 0.1) is 0 Å². The summed E-state index contributed by atoms with van der Waals surface area (Å²) in [4.78, 5) is 22.9. The topological polar surface area (TPSA) is 147 Å². The Labute approximate surface area is 213 Å². The predicted molar refractivity (Wildman–Crippen MR) is 144 cm³/mol. The molecule has 2 aromatic rings. The summed E-state index contributed by atoms with van der Waals surface area (Å²) in [5.41, 5.74) is 2.91. The van der Waals surface area contributed by atoms with Crippen LogP contribution in [0.25, 0.3) is 0 Å². The molecule has 0 atom stereocenters. The van der Waals surface area contributed by atoms with Crippen molar-refractivity contribution in [3.05, 3.63) is 47.5 Å². The Morgan fingerprint density at radius 3 is 1.44 bits per heavy atom. The average Bonchev–Trinajstić information content (AvgIpc) is 2.88. The predicted octanol–water partition coefficient (Wildman–Crippen LogP) is 3.13. The highest BCUT2D eigenvalue weighted by atomic mass is 16.3. The number of phenolic OH excluding ortho intramolecular Hbond substituents is 2. The van der Waals surface area contributed by atoms with Gasteiger partial charge in [0.15, 0.2) is 0 Å². The van der Waals surface area contributed by atoms with Crippen LogP contribution in [-0.4, -0.2) is 62.5 Å². The number of phenols is 2. The molecule has 0 radical (unpaired) electrons. The number of hydrogen-bond acceptors (Lipinski definition) is 6. The zero-order chi connectivity index (χ0) is 26.2. The van der Waals surface area contributed by atoms with E-state index in [-0.39, 0.29) is 23.6 Å². The van der Waals surface area contributed by atoms with E-state index >= 15 is 0 Å². The van der Waals surface area contributed by atoms with Gasteiger partial charge in [0.25, 0.3) is 0 Å². The van der Waals surface area contributed by atoms with Gasteiger partial charge in [-0.05, 0) is 87.3 Å². The van der Waals surface area contributed by atoms with Gasteiger partial charge >= 0.3 is 12.1 Å². The van der Waals surface area contributed by atoms with Gasteiger partial charge in [-0.3, -0.25) is 0 Å². The van der Waals surface area contributed by atoms with Gasteiger partial charge in [-0.15, -0.1) is 0 Å². The molecule has 0 fully saturated rings. The van der Waals surface area contributed by atoms with Crippen molar-refractivity contribution < 1.29 is 19.8 Å². The Kier molecular flexibility index (Phi) is 12.9. The minimum Gasteiger partial charge on any atom is -0.506 e. The molecule has 0 unspecified atom stereocenters. The highest BCUT2D eigenvalue weighted by molar-refractivity contribution is 5.91. The van der Waals surface area contributed by atoms with Crippen molar-refractivity contribution in [1.82, 2.24) is 21.3 Å². The number of hydrogen-bond donors (Lipinski definition) is 8. The number of urea groups is 2. The summed E-state index contributed by atoms with van der Waals surface area (Å²) in [6, 6.07) is 9.78. The molecule has 0 aliphatic heterocycles. The molecule has 0 aromatic heterocycles. The largest absolute Gasteiger partial charge is 0.506 e. The maximum absolute atomic E-state index is 11.5. The quantitative estimate of drug-likeness (QED) is 0.139. The van der Waals surface area contributed by atoms with Crippen LogP contribution in [0.3, 0.4) is 0 Å². The van der Waals surface area contributed by atoms with Crippen molar-refractivity contribution in [2.75, 3.05) is 50.9 Å². The molecule has 2 aromatic carbocycles. The number of aromatic hydroxyl groups is 2. The van der Waals surface area contributed by atoms with E-state index in [1.165, 1.54) is 26.9 Å². The normalized spacial score (nSPS) is 10.6. The second-order valence-corrected chi connectivity index (χ2v) is 8.53. The fourth-order valence-corrected chi connectivity index (χ4v) is 3.62. The Hall–Kier alpha value is -3.50. The summed E-state index contributed by atoms with van der Waals surface area (Å²) in [6.45, 7) is 3.59. The number of nitrogens with one attached hydrogen (secondary N) is 6. The first-order chi connectivity index (χ1) is 17.4. The van der Waals surface area contributed by atoms with E-state index in [0.29, 0.717) is 11.4 Å². The molecule has 2 rings (SSSR count). The van der Waals surface area contributed by atoms with Crippen LogP contribution in [0.2, 0.25) is 0 Å². The van der Waals surface area contributed by atoms with Gasteiger partial charge in [0.05, 0.1) is 11.4 Å². The van der Waals surface area contributed by atoms with Crippen molar-refractivity contribution in [3.63, 3.8) is 0 Å². The summed E-state index contributed by atoms with van der Waals surface area (Å²) >= 11 is 0. The molecule has 0 saturated heterocycles. The molecule has 0 bridgehead atoms. The van der Waals surface area contributed by atoms with Crippen molar-refractivity contribution in [2.45, 2.75) is 38.5 Å². The van der Waals surface area contributed by atoms with Crippen molar-refractivity contribution in [3.8, 4) is 11.5 Å². The number of rotatable bonds is 15. The maximum Gasteiger partial charge on any atom is 0.319 e. The first-order valence-electron chi connectivity index (χ1n) is 12.5. The Bertz CT molecular complexity index is 892. The van der Waals surface area contributed by atoms with Crippen LogP contribution in [0.4, 0.5) is 21.0 Å². The molecule has 0 aliphatic carbocycles. The van der Waals surface area contributed by atoms with Gasteiger partial charge in [-0.25, -0.2) is 9.59 Å². The third kappa shape index (κ3) is 10.8. The highest BCUT2D eigenvalue weighted by Crippen LogP contribution is 2.25. The lowest BCUT2D eigenvalue weighted by Gasteiger charge is -2.10. The lowest BCUT2D eigenvalue weighted by atomic mass is 10.1. The third-order valence-corrected chi connectivity index (χ3v) is 5.71. The molecule has 8 N–H and O–H groups in total. The zero-order valence-corrected chi connectivity index (χ0v) is 21.2. The van der Waals surface area contributed by atoms with Crippen LogP contribution in [0.5, 0.6) is 11.5 Å². The fourth-order valence-electron chi connectivity index (χ4n) is 3.62. The molecule has 0 spiro atoms. The van der Waals surface area contributed by atoms with Crippen LogP contribution < -0.4 is 31.9 Å². The Morgan fingerprint density at radius 1 is 0.639 bits per heavy atom. The maximum atomic E-state index is 11.5. The van der Waals surface area contributed by atoms with E-state index in [2.05, 4.69) is 31.9 Å². The molecule has 0 aliphatic rings. The van der Waals surface area contributed by atoms with E-state index in [1.54, 1.807) is 24.3 Å². The monoisotopic (exact) mass is 500 g/mol. The van der Waals surface area contributed by atoms with Gasteiger partial charge in [-0.2, -0.15) is 0 Å². The van der Waals surface area contributed by atoms with Gasteiger partial charge in [-0.1, -0.05) is 25.0 Å². The van der Waals surface area contributed by atoms with Gasteiger partial charge in [0.2, 0.25) is 0 Å². The first kappa shape index (κ1) is 28.7. The lowest BCUT2D eigenvalue weighted by Crippen LogP contribution is -2.24. The fraction of sp³-hybridized carbons (Fsp3) is 0.462. The molecule has 36 heavy (non-hydrogen) atoms. The Balaban J connectivity index is 1.49. The number of anilines is 2. The molecule has 0 saturated carbocycles. The summed E-state index contributed by atoms with van der Waals surface area (Å²) in [6.07, 6.45) is 6.20. The van der Waals surface area contributed by atoms with Crippen LogP contribution in [-0.2, 0) is 12.8 Å². The van der Waals surface area contributed by atoms with Crippen LogP contribution in [0.1, 0.15) is 36.8 Å². The number of benzene rings is 2. The molecule has 10 heteroatoms. The van der Waals surface area contributed by atoms with E-state index in [9.17, 15) is 19.8 Å². The smallest absolute Gasteiger partial charge is 0.319 e. The van der Waals surface area contributed by atoms with Crippen molar-refractivity contribution in [2.24, 2.45) is 0 Å². The zero-order valence-electron chi connectivity index (χ0n) is 21.2. The van der Waals surface area contributed by atoms with Gasteiger partial charge < -0.3 is 42.1 Å². The summed E-state index contributed by atoms with van der Waals surface area (Å²) < 4.78 is 0. The highest BCUT2D eigenvalue weighted by Gasteiger charge is 2.07. The van der Waals surface area contributed by atoms with Crippen molar-refractivity contribution >= 4 is 23.4 Å². The second-order valence-electron chi connectivity index (χ2n) is 8.53. The summed E-state index contributed by atoms with van der Waals surface area (Å²) in [5.74, 6) is 0.101. The van der Waals surface area contributed by atoms with Crippen LogP contribution in [0.15, 0.2) is 36.4 Å². The molecular formula is C26H40N6O4. The Morgan fingerprint density at radius 2 is 1.06 bits per heavy atom. The third-order valence-electron chi connectivity index (χ3n) is 5.71. The first-order valence-corrected chi connectivity index (χ1v) is 12.5. The number of carbonyl (C=O) groups is 2. The number of amides is 4. The minimum atomic E-state index is -0.362. The molecule has 4 amide bonds. The van der Waals surface area contributed by atoms with Gasteiger partial charge in [0.1, 0.15) is 11.5 Å². The lowest BCUT2D eigenvalue weighted by molar-refractivity contribution is 0.253. The van der Waals surface area contributed by atoms with E-state index in [0.717, 1.165) is 63.0 Å². The minimum absolute atomic E-state index is 0.0504. The standard InChI is InChI=1S/C26H40N6O4/c1-27-25(35)31-21-17-19(7-9-23(21)33)11-15-29-13-5-3-4-6-14-30-16-12-20-8-10-24(34)22(18-20)32-26(36)28-2/h7-10,17-18,29-30,33-34H,3-6,11-16H2,1-2H3,(H2,27,31,35)(H2,28,32,36). The van der Waals surface area contributed by atoms with E-state index in [4.69, 9.17) is 0 Å². The SMILES string of the molecule is CNC(=O)Nc1cc(CCNCCCCCCNCCc2ccc(O)c(NC(=O)NC)c2)ccc1O.